The molecule has 0 spiro atoms. The summed E-state index contributed by atoms with van der Waals surface area (Å²) in [6.45, 7) is 0. The number of ketones is 1. The van der Waals surface area contributed by atoms with Crippen LogP contribution in [0.3, 0.4) is 0 Å². The van der Waals surface area contributed by atoms with Crippen LogP contribution in [0.5, 0.6) is 0 Å². The molecule has 5 rings (SSSR count). The standard InChI is InChI=1S/C21H15ClN2O3/c22-13-8-5-12(6-9-13)19(25)18-17-16(20(26)23-21(17)27)15-10-7-11-3-1-2-4-14(11)24(15)18/h1-10,15-18H,(H,23,26,27)/t15-,16-,17-,18-/m1/s1. The smallest absolute Gasteiger partial charge is 0.233 e. The highest BCUT2D eigenvalue weighted by Gasteiger charge is 2.61. The summed E-state index contributed by atoms with van der Waals surface area (Å²) in [6, 6.07) is 13.3. The first-order chi connectivity index (χ1) is 13.1. The van der Waals surface area contributed by atoms with Gasteiger partial charge in [-0.05, 0) is 35.9 Å². The van der Waals surface area contributed by atoms with Gasteiger partial charge in [-0.1, -0.05) is 42.0 Å². The van der Waals surface area contributed by atoms with E-state index in [9.17, 15) is 14.4 Å². The van der Waals surface area contributed by atoms with Gasteiger partial charge in [0.1, 0.15) is 6.04 Å². The van der Waals surface area contributed by atoms with Gasteiger partial charge in [0.25, 0.3) is 0 Å². The first kappa shape index (κ1) is 16.3. The third-order valence-corrected chi connectivity index (χ3v) is 5.91. The molecule has 2 fully saturated rings. The van der Waals surface area contributed by atoms with Gasteiger partial charge in [0.05, 0.1) is 17.9 Å². The number of halogens is 1. The molecule has 3 aliphatic rings. The Hall–Kier alpha value is -2.92. The van der Waals surface area contributed by atoms with Gasteiger partial charge in [-0.3, -0.25) is 19.7 Å². The molecule has 2 aromatic carbocycles. The number of benzene rings is 2. The highest BCUT2D eigenvalue weighted by atomic mass is 35.5. The van der Waals surface area contributed by atoms with E-state index in [2.05, 4.69) is 5.32 Å². The molecule has 2 amide bonds. The van der Waals surface area contributed by atoms with E-state index >= 15 is 0 Å². The topological polar surface area (TPSA) is 66.5 Å². The summed E-state index contributed by atoms with van der Waals surface area (Å²) in [7, 11) is 0. The summed E-state index contributed by atoms with van der Waals surface area (Å²) in [5.41, 5.74) is 2.31. The lowest BCUT2D eigenvalue weighted by molar-refractivity contribution is -0.126. The predicted octanol–water partition coefficient (Wildman–Crippen LogP) is 2.70. The molecule has 0 aromatic heterocycles. The molecule has 0 saturated carbocycles. The van der Waals surface area contributed by atoms with Gasteiger partial charge >= 0.3 is 0 Å². The number of anilines is 1. The average molecular weight is 379 g/mol. The minimum Gasteiger partial charge on any atom is -0.352 e. The van der Waals surface area contributed by atoms with Gasteiger partial charge in [0, 0.05) is 16.3 Å². The molecule has 1 N–H and O–H groups in total. The lowest BCUT2D eigenvalue weighted by atomic mass is 9.86. The SMILES string of the molecule is O=C1NC(=O)[C@H]2[C@@H]1[C@H](C(=O)c1ccc(Cl)cc1)N1c3ccccc3C=C[C@H]21. The van der Waals surface area contributed by atoms with E-state index in [1.807, 2.05) is 41.3 Å². The van der Waals surface area contributed by atoms with E-state index < -0.39 is 17.9 Å². The third kappa shape index (κ3) is 2.28. The highest BCUT2D eigenvalue weighted by Crippen LogP contribution is 2.46. The van der Waals surface area contributed by atoms with Crippen molar-refractivity contribution in [2.45, 2.75) is 12.1 Å². The second kappa shape index (κ2) is 5.79. The van der Waals surface area contributed by atoms with Crippen LogP contribution in [0.25, 0.3) is 6.08 Å². The van der Waals surface area contributed by atoms with Crippen molar-refractivity contribution in [2.75, 3.05) is 4.90 Å². The largest absolute Gasteiger partial charge is 0.352 e. The molecule has 0 radical (unpaired) electrons. The van der Waals surface area contributed by atoms with Crippen molar-refractivity contribution in [3.63, 3.8) is 0 Å². The number of imide groups is 1. The molecule has 27 heavy (non-hydrogen) atoms. The van der Waals surface area contributed by atoms with E-state index in [0.717, 1.165) is 11.3 Å². The van der Waals surface area contributed by atoms with Gasteiger partial charge in [-0.2, -0.15) is 0 Å². The Balaban J connectivity index is 1.66. The number of carbonyl (C=O) groups is 3. The zero-order valence-corrected chi connectivity index (χ0v) is 14.9. The third-order valence-electron chi connectivity index (χ3n) is 5.65. The molecule has 0 unspecified atom stereocenters. The molecule has 2 saturated heterocycles. The Morgan fingerprint density at radius 1 is 0.963 bits per heavy atom. The number of fused-ring (bicyclic) bond motifs is 5. The van der Waals surface area contributed by atoms with E-state index in [-0.39, 0.29) is 23.6 Å². The number of nitrogens with zero attached hydrogens (tertiary/aromatic N) is 1. The van der Waals surface area contributed by atoms with Gasteiger partial charge in [0.15, 0.2) is 5.78 Å². The van der Waals surface area contributed by atoms with Crippen LogP contribution in [-0.4, -0.2) is 29.7 Å². The van der Waals surface area contributed by atoms with Gasteiger partial charge < -0.3 is 4.90 Å². The maximum atomic E-state index is 13.4. The fraction of sp³-hybridized carbons (Fsp3) is 0.190. The van der Waals surface area contributed by atoms with E-state index in [1.54, 1.807) is 24.3 Å². The number of para-hydroxylation sites is 1. The Labute approximate surface area is 160 Å². The van der Waals surface area contributed by atoms with Gasteiger partial charge in [-0.15, -0.1) is 0 Å². The molecule has 5 nitrogen and oxygen atoms in total. The van der Waals surface area contributed by atoms with Crippen LogP contribution in [0.1, 0.15) is 15.9 Å². The lowest BCUT2D eigenvalue weighted by Crippen LogP contribution is -2.47. The summed E-state index contributed by atoms with van der Waals surface area (Å²) in [4.78, 5) is 40.4. The summed E-state index contributed by atoms with van der Waals surface area (Å²) in [6.07, 6.45) is 3.88. The van der Waals surface area contributed by atoms with E-state index in [4.69, 9.17) is 11.6 Å². The summed E-state index contributed by atoms with van der Waals surface area (Å²) >= 11 is 5.95. The predicted molar refractivity (Wildman–Crippen MR) is 101 cm³/mol. The molecule has 0 bridgehead atoms. The molecule has 6 heteroatoms. The van der Waals surface area contributed by atoms with Crippen LogP contribution in [-0.2, 0) is 9.59 Å². The molecule has 3 aliphatic heterocycles. The quantitative estimate of drug-likeness (QED) is 0.644. The van der Waals surface area contributed by atoms with Gasteiger partial charge in [-0.25, -0.2) is 0 Å². The van der Waals surface area contributed by atoms with Crippen molar-refractivity contribution in [1.82, 2.24) is 5.32 Å². The Bertz CT molecular complexity index is 1010. The molecular weight excluding hydrogens is 364 g/mol. The Kier molecular flexibility index (Phi) is 3.49. The summed E-state index contributed by atoms with van der Waals surface area (Å²) < 4.78 is 0. The van der Waals surface area contributed by atoms with Crippen LogP contribution in [0.15, 0.2) is 54.6 Å². The molecule has 4 atom stereocenters. The number of nitrogens with one attached hydrogen (secondary N) is 1. The Morgan fingerprint density at radius 2 is 1.67 bits per heavy atom. The van der Waals surface area contributed by atoms with Crippen LogP contribution in [0.4, 0.5) is 5.69 Å². The van der Waals surface area contributed by atoms with Crippen LogP contribution < -0.4 is 10.2 Å². The first-order valence-corrected chi connectivity index (χ1v) is 9.14. The molecular formula is C21H15ClN2O3. The zero-order valence-electron chi connectivity index (χ0n) is 14.1. The second-order valence-corrected chi connectivity index (χ2v) is 7.47. The minimum absolute atomic E-state index is 0.181. The maximum absolute atomic E-state index is 13.4. The zero-order chi connectivity index (χ0) is 18.7. The number of rotatable bonds is 2. The number of hydrogen-bond acceptors (Lipinski definition) is 4. The summed E-state index contributed by atoms with van der Waals surface area (Å²) in [5, 5.41) is 2.95. The van der Waals surface area contributed by atoms with Crippen molar-refractivity contribution < 1.29 is 14.4 Å². The van der Waals surface area contributed by atoms with Crippen molar-refractivity contribution in [3.8, 4) is 0 Å². The Morgan fingerprint density at radius 3 is 2.44 bits per heavy atom. The fourth-order valence-corrected chi connectivity index (χ4v) is 4.64. The van der Waals surface area contributed by atoms with E-state index in [1.165, 1.54) is 0 Å². The number of Topliss-reactive ketones (excluding diaryl/α,β-unsaturated/α-hetero) is 1. The van der Waals surface area contributed by atoms with Crippen molar-refractivity contribution in [1.29, 1.82) is 0 Å². The van der Waals surface area contributed by atoms with E-state index in [0.29, 0.717) is 10.6 Å². The number of carbonyl (C=O) groups excluding carboxylic acids is 3. The second-order valence-electron chi connectivity index (χ2n) is 7.04. The first-order valence-electron chi connectivity index (χ1n) is 8.76. The van der Waals surface area contributed by atoms with Crippen molar-refractivity contribution >= 4 is 41.0 Å². The number of amides is 2. The maximum Gasteiger partial charge on any atom is 0.233 e. The molecule has 0 aliphatic carbocycles. The summed E-state index contributed by atoms with van der Waals surface area (Å²) in [5.74, 6) is -2.14. The molecule has 3 heterocycles. The van der Waals surface area contributed by atoms with Crippen LogP contribution in [0, 0.1) is 11.8 Å². The molecule has 134 valence electrons. The normalized spacial score (nSPS) is 27.8. The van der Waals surface area contributed by atoms with Crippen LogP contribution >= 0.6 is 11.6 Å². The minimum atomic E-state index is -0.737. The van der Waals surface area contributed by atoms with Crippen molar-refractivity contribution in [2.24, 2.45) is 11.8 Å². The average Bonchev–Trinajstić information content (AvgIpc) is 3.17. The highest BCUT2D eigenvalue weighted by molar-refractivity contribution is 6.30. The van der Waals surface area contributed by atoms with Gasteiger partial charge in [0.2, 0.25) is 11.8 Å². The lowest BCUT2D eigenvalue weighted by Gasteiger charge is -2.35. The fourth-order valence-electron chi connectivity index (χ4n) is 4.52. The number of hydrogen-bond donors (Lipinski definition) is 1. The molecule has 2 aromatic rings. The monoisotopic (exact) mass is 378 g/mol. The van der Waals surface area contributed by atoms with Crippen molar-refractivity contribution in [3.05, 3.63) is 70.8 Å². The van der Waals surface area contributed by atoms with Crippen LogP contribution in [0.2, 0.25) is 5.02 Å².